The van der Waals surface area contributed by atoms with Gasteiger partial charge in [-0.25, -0.2) is 0 Å². The molecule has 1 aromatic rings. The van der Waals surface area contributed by atoms with Gasteiger partial charge in [-0.15, -0.1) is 0 Å². The van der Waals surface area contributed by atoms with Gasteiger partial charge in [0.1, 0.15) is 5.69 Å². The summed E-state index contributed by atoms with van der Waals surface area (Å²) >= 11 is 3.34. The molecule has 16 heavy (non-hydrogen) atoms. The standard InChI is InChI=1S/C10H13BrN2O2S/c1-12-7-8(11)6-9(12)10(14)13-2-4-16(15)5-3-13/h6-7H,2-5H2,1H3. The monoisotopic (exact) mass is 304 g/mol. The van der Waals surface area contributed by atoms with Crippen molar-refractivity contribution in [2.45, 2.75) is 0 Å². The van der Waals surface area contributed by atoms with Crippen LogP contribution in [0.4, 0.5) is 0 Å². The molecule has 0 saturated carbocycles. The van der Waals surface area contributed by atoms with Crippen molar-refractivity contribution in [3.05, 3.63) is 22.4 Å². The van der Waals surface area contributed by atoms with Crippen molar-refractivity contribution in [1.29, 1.82) is 0 Å². The molecular formula is C10H13BrN2O2S. The lowest BCUT2D eigenvalue weighted by Crippen LogP contribution is -2.42. The highest BCUT2D eigenvalue weighted by Gasteiger charge is 2.23. The number of carbonyl (C=O) groups excluding carboxylic acids is 1. The minimum absolute atomic E-state index is 0.0184. The van der Waals surface area contributed by atoms with E-state index >= 15 is 0 Å². The fraction of sp³-hybridized carbons (Fsp3) is 0.500. The van der Waals surface area contributed by atoms with Crippen LogP contribution in [0.15, 0.2) is 16.7 Å². The van der Waals surface area contributed by atoms with Gasteiger partial charge in [0, 0.05) is 53.1 Å². The van der Waals surface area contributed by atoms with Crippen molar-refractivity contribution in [2.75, 3.05) is 24.6 Å². The molecule has 0 aliphatic carbocycles. The van der Waals surface area contributed by atoms with Crippen LogP contribution in [0, 0.1) is 0 Å². The third-order valence-electron chi connectivity index (χ3n) is 2.66. The van der Waals surface area contributed by atoms with E-state index in [-0.39, 0.29) is 5.91 Å². The zero-order valence-corrected chi connectivity index (χ0v) is 11.4. The summed E-state index contributed by atoms with van der Waals surface area (Å²) in [6.07, 6.45) is 1.86. The van der Waals surface area contributed by atoms with E-state index in [1.165, 1.54) is 0 Å². The normalized spacial score (nSPS) is 17.8. The lowest BCUT2D eigenvalue weighted by atomic mass is 10.3. The molecule has 1 aromatic heterocycles. The smallest absolute Gasteiger partial charge is 0.270 e. The highest BCUT2D eigenvalue weighted by Crippen LogP contribution is 2.16. The summed E-state index contributed by atoms with van der Waals surface area (Å²) in [5, 5.41) is 0. The summed E-state index contributed by atoms with van der Waals surface area (Å²) in [6.45, 7) is 1.18. The van der Waals surface area contributed by atoms with Crippen LogP contribution < -0.4 is 0 Å². The van der Waals surface area contributed by atoms with E-state index in [1.807, 2.05) is 19.3 Å². The molecule has 0 atom stereocenters. The lowest BCUT2D eigenvalue weighted by Gasteiger charge is -2.26. The molecule has 0 spiro atoms. The van der Waals surface area contributed by atoms with E-state index in [9.17, 15) is 9.00 Å². The van der Waals surface area contributed by atoms with Crippen molar-refractivity contribution >= 4 is 32.6 Å². The van der Waals surface area contributed by atoms with Crippen LogP contribution in [0.5, 0.6) is 0 Å². The Kier molecular flexibility index (Phi) is 3.49. The Balaban J connectivity index is 2.13. The van der Waals surface area contributed by atoms with E-state index in [4.69, 9.17) is 0 Å². The van der Waals surface area contributed by atoms with Crippen molar-refractivity contribution in [1.82, 2.24) is 9.47 Å². The minimum atomic E-state index is -0.744. The Labute approximate surface area is 105 Å². The van der Waals surface area contributed by atoms with E-state index in [0.717, 1.165) is 4.47 Å². The van der Waals surface area contributed by atoms with Gasteiger partial charge in [0.25, 0.3) is 5.91 Å². The van der Waals surface area contributed by atoms with Crippen LogP contribution in [0.1, 0.15) is 10.5 Å². The maximum Gasteiger partial charge on any atom is 0.270 e. The van der Waals surface area contributed by atoms with Crippen LogP contribution in [0.25, 0.3) is 0 Å². The summed E-state index contributed by atoms with van der Waals surface area (Å²) in [6, 6.07) is 1.81. The molecule has 1 aliphatic heterocycles. The van der Waals surface area contributed by atoms with Crippen LogP contribution in [0.2, 0.25) is 0 Å². The van der Waals surface area contributed by atoms with Gasteiger partial charge in [-0.3, -0.25) is 9.00 Å². The Morgan fingerprint density at radius 2 is 2.06 bits per heavy atom. The average molecular weight is 305 g/mol. The number of amides is 1. The second-order valence-electron chi connectivity index (χ2n) is 3.79. The number of hydrogen-bond donors (Lipinski definition) is 0. The second-order valence-corrected chi connectivity index (χ2v) is 6.41. The Morgan fingerprint density at radius 1 is 1.44 bits per heavy atom. The van der Waals surface area contributed by atoms with Gasteiger partial charge >= 0.3 is 0 Å². The van der Waals surface area contributed by atoms with Gasteiger partial charge in [-0.2, -0.15) is 0 Å². The molecule has 0 radical (unpaired) electrons. The second kappa shape index (κ2) is 4.71. The van der Waals surface area contributed by atoms with Crippen LogP contribution in [-0.2, 0) is 17.8 Å². The first-order chi connectivity index (χ1) is 7.58. The fourth-order valence-electron chi connectivity index (χ4n) is 1.74. The summed E-state index contributed by atoms with van der Waals surface area (Å²) in [7, 11) is 1.10. The van der Waals surface area contributed by atoms with Crippen molar-refractivity contribution in [3.8, 4) is 0 Å². The van der Waals surface area contributed by atoms with Crippen LogP contribution in [-0.4, -0.2) is 44.2 Å². The molecule has 1 aliphatic rings. The van der Waals surface area contributed by atoms with Gasteiger partial charge in [0.15, 0.2) is 0 Å². The quantitative estimate of drug-likeness (QED) is 0.776. The topological polar surface area (TPSA) is 42.3 Å². The minimum Gasteiger partial charge on any atom is -0.345 e. The molecule has 0 aromatic carbocycles. The Bertz CT molecular complexity index is 434. The van der Waals surface area contributed by atoms with Crippen molar-refractivity contribution in [2.24, 2.45) is 7.05 Å². The average Bonchev–Trinajstić information content (AvgIpc) is 2.58. The van der Waals surface area contributed by atoms with E-state index in [0.29, 0.717) is 30.3 Å². The van der Waals surface area contributed by atoms with Crippen LogP contribution in [0.3, 0.4) is 0 Å². The van der Waals surface area contributed by atoms with Crippen LogP contribution >= 0.6 is 15.9 Å². The number of nitrogens with zero attached hydrogens (tertiary/aromatic N) is 2. The molecule has 2 heterocycles. The van der Waals surface area contributed by atoms with E-state index in [2.05, 4.69) is 15.9 Å². The SMILES string of the molecule is Cn1cc(Br)cc1C(=O)N1CCS(=O)CC1. The first-order valence-corrected chi connectivity index (χ1v) is 7.32. The molecule has 1 fully saturated rings. The van der Waals surface area contributed by atoms with E-state index in [1.54, 1.807) is 9.47 Å². The van der Waals surface area contributed by atoms with Crippen molar-refractivity contribution < 1.29 is 9.00 Å². The molecule has 1 amide bonds. The highest BCUT2D eigenvalue weighted by atomic mass is 79.9. The molecule has 0 unspecified atom stereocenters. The van der Waals surface area contributed by atoms with Gasteiger partial charge in [-0.05, 0) is 22.0 Å². The van der Waals surface area contributed by atoms with Gasteiger partial charge in [-0.1, -0.05) is 0 Å². The molecule has 2 rings (SSSR count). The predicted octanol–water partition coefficient (Wildman–Crippen LogP) is 0.992. The highest BCUT2D eigenvalue weighted by molar-refractivity contribution is 9.10. The summed E-state index contributed by atoms with van der Waals surface area (Å²) in [5.41, 5.74) is 0.666. The Morgan fingerprint density at radius 3 is 2.56 bits per heavy atom. The van der Waals surface area contributed by atoms with E-state index < -0.39 is 10.8 Å². The van der Waals surface area contributed by atoms with Gasteiger partial charge in [0.2, 0.25) is 0 Å². The molecule has 1 saturated heterocycles. The lowest BCUT2D eigenvalue weighted by molar-refractivity contribution is 0.0762. The number of halogens is 1. The Hall–Kier alpha value is -0.620. The number of aromatic nitrogens is 1. The largest absolute Gasteiger partial charge is 0.345 e. The molecule has 6 heteroatoms. The first-order valence-electron chi connectivity index (χ1n) is 5.04. The molecular weight excluding hydrogens is 292 g/mol. The molecule has 0 N–H and O–H groups in total. The maximum atomic E-state index is 12.1. The predicted molar refractivity (Wildman–Crippen MR) is 66.9 cm³/mol. The summed E-state index contributed by atoms with van der Waals surface area (Å²) in [4.78, 5) is 13.9. The third-order valence-corrected chi connectivity index (χ3v) is 4.37. The van der Waals surface area contributed by atoms with Crippen molar-refractivity contribution in [3.63, 3.8) is 0 Å². The number of carbonyl (C=O) groups is 1. The fourth-order valence-corrected chi connectivity index (χ4v) is 3.32. The number of aryl methyl sites for hydroxylation is 1. The number of rotatable bonds is 1. The van der Waals surface area contributed by atoms with Gasteiger partial charge in [0.05, 0.1) is 0 Å². The molecule has 0 bridgehead atoms. The maximum absolute atomic E-state index is 12.1. The first kappa shape index (κ1) is 11.9. The number of hydrogen-bond acceptors (Lipinski definition) is 2. The zero-order valence-electron chi connectivity index (χ0n) is 8.98. The summed E-state index contributed by atoms with van der Waals surface area (Å²) < 4.78 is 13.9. The molecule has 88 valence electrons. The summed E-state index contributed by atoms with van der Waals surface area (Å²) in [5.74, 6) is 1.21. The third kappa shape index (κ3) is 2.38. The van der Waals surface area contributed by atoms with Gasteiger partial charge < -0.3 is 9.47 Å². The zero-order chi connectivity index (χ0) is 11.7. The molecule has 4 nitrogen and oxygen atoms in total.